The molecule has 0 atom stereocenters. The number of thiazole rings is 1. The number of fused-ring (bicyclic) bond motifs is 1. The van der Waals surface area contributed by atoms with Crippen LogP contribution in [-0.4, -0.2) is 94.8 Å². The Kier molecular flexibility index (Phi) is 25.6. The number of rotatable bonds is 20. The minimum Gasteiger partial charge on any atom is -0.508 e. The summed E-state index contributed by atoms with van der Waals surface area (Å²) in [6.07, 6.45) is 11.4. The molecule has 0 unspecified atom stereocenters. The lowest BCUT2D eigenvalue weighted by Gasteiger charge is -2.25. The van der Waals surface area contributed by atoms with Crippen LogP contribution in [0.2, 0.25) is 0 Å². The molecule has 74 heavy (non-hydrogen) atoms. The fourth-order valence-corrected chi connectivity index (χ4v) is 8.70. The second-order valence-corrected chi connectivity index (χ2v) is 17.6. The molecule has 0 radical (unpaired) electrons. The standard InChI is InChI=1S/C31H28N2O6S.C14H18O6.C8H12O2.C3H4O/c1-37-26-15-10-20(28-27(26)33-29(40-28)21-4-2-19(18-32)3-5-21)16-17-38-30(35)22-6-8-23(9-7-22)31(36)39-25-13-11-24(34)12-14-25;1-4-14(15)20-10-19-13-9-11(17-3)5-6-12(13)18-8-7-16-2;9-5-7-1-2-8(6-10)4-3-7;1-2-3-4/h2-5,10-15,22-23,34H,6-9,16-17H2,1H3;4-6,9H,1,7-8,10H2,2-3H3;5-8H,1-4H2;2-3H,1H2. The molecule has 0 spiro atoms. The highest BCUT2D eigenvalue weighted by atomic mass is 32.1. The number of aromatic hydroxyl groups is 1. The van der Waals surface area contributed by atoms with Crippen LogP contribution in [0.25, 0.3) is 20.8 Å². The Bertz CT molecular complexity index is 2620. The van der Waals surface area contributed by atoms with E-state index >= 15 is 0 Å². The number of aromatic nitrogens is 1. The normalized spacial score (nSPS) is 16.4. The van der Waals surface area contributed by atoms with Crippen LogP contribution in [0.4, 0.5) is 0 Å². The number of hydrogen-bond donors (Lipinski definition) is 1. The average molecular weight is 1040 g/mol. The lowest BCUT2D eigenvalue weighted by Crippen LogP contribution is -2.29. The molecule has 0 amide bonds. The molecule has 2 fully saturated rings. The predicted octanol–water partition coefficient (Wildman–Crippen LogP) is 9.39. The number of benzene rings is 4. The van der Waals surface area contributed by atoms with Gasteiger partial charge in [-0.25, -0.2) is 9.78 Å². The fourth-order valence-electron chi connectivity index (χ4n) is 7.58. The van der Waals surface area contributed by atoms with Gasteiger partial charge in [-0.3, -0.25) is 14.4 Å². The van der Waals surface area contributed by atoms with Gasteiger partial charge in [0, 0.05) is 43.1 Å². The summed E-state index contributed by atoms with van der Waals surface area (Å²) in [5.41, 5.74) is 3.28. The molecule has 0 bridgehead atoms. The SMILES string of the molecule is C=CC(=O)OCOc1cc(OC)ccc1OCCOC.C=CC=O.COc1ccc(CCOC(=O)C2CCC(C(=O)Oc3ccc(O)cc3)CC2)c2sc(-c3ccc(C#N)cc3)nc12.O=CC1CCC(C=O)CC1. The molecule has 1 N–H and O–H groups in total. The largest absolute Gasteiger partial charge is 0.508 e. The number of allylic oxidation sites excluding steroid dienone is 1. The van der Waals surface area contributed by atoms with Gasteiger partial charge in [0.15, 0.2) is 11.5 Å². The Labute approximate surface area is 434 Å². The minimum absolute atomic E-state index is 0.107. The van der Waals surface area contributed by atoms with Crippen molar-refractivity contribution in [3.8, 4) is 51.1 Å². The fraction of sp³-hybridized carbons (Fsp3) is 0.357. The van der Waals surface area contributed by atoms with Crippen LogP contribution in [0.15, 0.2) is 104 Å². The number of hydrogen-bond acceptors (Lipinski definition) is 18. The molecule has 2 aliphatic carbocycles. The molecule has 18 heteroatoms. The van der Waals surface area contributed by atoms with E-state index in [1.807, 2.05) is 24.3 Å². The Hall–Kier alpha value is -7.88. The summed E-state index contributed by atoms with van der Waals surface area (Å²) in [4.78, 5) is 70.6. The monoisotopic (exact) mass is 1030 g/mol. The van der Waals surface area contributed by atoms with Gasteiger partial charge in [0.2, 0.25) is 6.79 Å². The molecule has 0 aliphatic heterocycles. The molecule has 2 aliphatic rings. The van der Waals surface area contributed by atoms with Crippen molar-refractivity contribution in [2.24, 2.45) is 23.7 Å². The number of carbonyl (C=O) groups is 6. The topological polar surface area (TPSA) is 233 Å². The molecule has 1 heterocycles. The molecule has 4 aromatic carbocycles. The summed E-state index contributed by atoms with van der Waals surface area (Å²) >= 11 is 1.54. The van der Waals surface area contributed by atoms with Crippen molar-refractivity contribution < 1.29 is 71.8 Å². The number of ether oxygens (including phenoxy) is 8. The van der Waals surface area contributed by atoms with Crippen molar-refractivity contribution in [2.75, 3.05) is 47.9 Å². The summed E-state index contributed by atoms with van der Waals surface area (Å²) in [7, 11) is 4.74. The maximum Gasteiger partial charge on any atom is 0.333 e. The molecule has 5 aromatic rings. The van der Waals surface area contributed by atoms with E-state index in [0.29, 0.717) is 85.9 Å². The summed E-state index contributed by atoms with van der Waals surface area (Å²) in [6.45, 7) is 7.25. The Morgan fingerprint density at radius 1 is 0.716 bits per heavy atom. The quantitative estimate of drug-likeness (QED) is 0.0191. The number of methoxy groups -OCH3 is 3. The van der Waals surface area contributed by atoms with E-state index in [0.717, 1.165) is 70.7 Å². The van der Waals surface area contributed by atoms with Crippen LogP contribution in [0.1, 0.15) is 62.5 Å². The van der Waals surface area contributed by atoms with Gasteiger partial charge < -0.3 is 52.6 Å². The van der Waals surface area contributed by atoms with Gasteiger partial charge in [-0.1, -0.05) is 31.4 Å². The van der Waals surface area contributed by atoms with Gasteiger partial charge in [-0.2, -0.15) is 5.26 Å². The van der Waals surface area contributed by atoms with Crippen LogP contribution in [0.5, 0.6) is 34.5 Å². The third-order valence-electron chi connectivity index (χ3n) is 11.7. The second-order valence-electron chi connectivity index (χ2n) is 16.6. The Morgan fingerprint density at radius 2 is 1.32 bits per heavy atom. The number of nitrogens with zero attached hydrogens (tertiary/aromatic N) is 2. The van der Waals surface area contributed by atoms with Crippen molar-refractivity contribution in [3.05, 3.63) is 115 Å². The van der Waals surface area contributed by atoms with Gasteiger partial charge in [0.25, 0.3) is 0 Å². The molecular weight excluding hydrogens is 973 g/mol. The smallest absolute Gasteiger partial charge is 0.333 e. The Morgan fingerprint density at radius 3 is 1.88 bits per heavy atom. The van der Waals surface area contributed by atoms with E-state index < -0.39 is 5.97 Å². The summed E-state index contributed by atoms with van der Waals surface area (Å²) in [6, 6.07) is 24.4. The third kappa shape index (κ3) is 18.9. The first-order valence-corrected chi connectivity index (χ1v) is 24.6. The molecule has 7 rings (SSSR count). The number of nitriles is 1. The van der Waals surface area contributed by atoms with Gasteiger partial charge in [-0.15, -0.1) is 11.3 Å². The van der Waals surface area contributed by atoms with Crippen molar-refractivity contribution in [1.29, 1.82) is 5.26 Å². The zero-order chi connectivity index (χ0) is 53.7. The minimum atomic E-state index is -0.560. The highest BCUT2D eigenvalue weighted by molar-refractivity contribution is 7.21. The highest BCUT2D eigenvalue weighted by Gasteiger charge is 2.32. The molecule has 0 saturated heterocycles. The second kappa shape index (κ2) is 32.2. The number of phenols is 1. The summed E-state index contributed by atoms with van der Waals surface area (Å²) in [5.74, 6) is 1.56. The Balaban J connectivity index is 0.000000287. The van der Waals surface area contributed by atoms with Gasteiger partial charge in [0.05, 0.1) is 55.6 Å². The van der Waals surface area contributed by atoms with Crippen molar-refractivity contribution in [3.63, 3.8) is 0 Å². The molecular formula is C56H62N2O15S. The molecule has 17 nitrogen and oxygen atoms in total. The first kappa shape index (κ1) is 58.7. The number of esters is 3. The van der Waals surface area contributed by atoms with Crippen molar-refractivity contribution >= 4 is 58.3 Å². The first-order chi connectivity index (χ1) is 35.9. The van der Waals surface area contributed by atoms with E-state index in [-0.39, 0.29) is 54.8 Å². The zero-order valence-electron chi connectivity index (χ0n) is 41.8. The zero-order valence-corrected chi connectivity index (χ0v) is 42.6. The number of carbonyl (C=O) groups excluding carboxylic acids is 6. The molecule has 2 saturated carbocycles. The maximum absolute atomic E-state index is 12.8. The van der Waals surface area contributed by atoms with E-state index in [2.05, 4.69) is 19.2 Å². The van der Waals surface area contributed by atoms with E-state index in [4.69, 9.17) is 52.9 Å². The predicted molar refractivity (Wildman–Crippen MR) is 276 cm³/mol. The lowest BCUT2D eigenvalue weighted by molar-refractivity contribution is -0.152. The van der Waals surface area contributed by atoms with Crippen molar-refractivity contribution in [1.82, 2.24) is 4.98 Å². The van der Waals surface area contributed by atoms with Gasteiger partial charge >= 0.3 is 17.9 Å². The third-order valence-corrected chi connectivity index (χ3v) is 12.9. The van der Waals surface area contributed by atoms with Gasteiger partial charge in [0.1, 0.15) is 59.0 Å². The van der Waals surface area contributed by atoms with Crippen LogP contribution in [-0.2, 0) is 49.4 Å². The van der Waals surface area contributed by atoms with E-state index in [1.165, 1.54) is 18.2 Å². The van der Waals surface area contributed by atoms with Gasteiger partial charge in [-0.05, 0) is 118 Å². The lowest BCUT2D eigenvalue weighted by atomic mass is 9.82. The van der Waals surface area contributed by atoms with E-state index in [9.17, 15) is 29.1 Å². The number of aldehydes is 3. The van der Waals surface area contributed by atoms with Crippen LogP contribution >= 0.6 is 11.3 Å². The van der Waals surface area contributed by atoms with Crippen molar-refractivity contribution in [2.45, 2.75) is 57.8 Å². The van der Waals surface area contributed by atoms with Crippen LogP contribution < -0.4 is 23.7 Å². The highest BCUT2D eigenvalue weighted by Crippen LogP contribution is 2.38. The summed E-state index contributed by atoms with van der Waals surface area (Å²) < 4.78 is 43.2. The van der Waals surface area contributed by atoms with E-state index in [1.54, 1.807) is 75.1 Å². The molecule has 392 valence electrons. The summed E-state index contributed by atoms with van der Waals surface area (Å²) in [5, 5.41) is 19.3. The molecule has 1 aromatic heterocycles. The van der Waals surface area contributed by atoms with Crippen LogP contribution in [0, 0.1) is 35.0 Å². The maximum atomic E-state index is 12.8. The van der Waals surface area contributed by atoms with Crippen LogP contribution in [0.3, 0.4) is 0 Å². The number of phenolic OH excluding ortho intramolecular Hbond substituents is 1. The average Bonchev–Trinajstić information content (AvgIpc) is 3.91. The first-order valence-electron chi connectivity index (χ1n) is 23.8.